The molecular weight excluding hydrogens is 288 g/mol. The van der Waals surface area contributed by atoms with Crippen molar-refractivity contribution >= 4 is 17.0 Å². The van der Waals surface area contributed by atoms with Crippen molar-refractivity contribution in [2.75, 3.05) is 0 Å². The smallest absolute Gasteiger partial charge is 0.338 e. The molecule has 1 heterocycles. The van der Waals surface area contributed by atoms with Crippen molar-refractivity contribution in [1.82, 2.24) is 9.97 Å². The van der Waals surface area contributed by atoms with Crippen LogP contribution >= 0.6 is 0 Å². The lowest BCUT2D eigenvalue weighted by molar-refractivity contribution is -0.0242. The Kier molecular flexibility index (Phi) is 3.03. The van der Waals surface area contributed by atoms with Gasteiger partial charge in [-0.1, -0.05) is 20.8 Å². The van der Waals surface area contributed by atoms with Crippen LogP contribution < -0.4 is 0 Å². The van der Waals surface area contributed by atoms with Gasteiger partial charge in [-0.2, -0.15) is 0 Å². The number of benzene rings is 1. The fourth-order valence-electron chi connectivity index (χ4n) is 4.60. The number of rotatable bonds is 2. The highest BCUT2D eigenvalue weighted by atomic mass is 16.5. The van der Waals surface area contributed by atoms with E-state index in [1.54, 1.807) is 24.5 Å². The Bertz CT molecular complexity index is 786. The summed E-state index contributed by atoms with van der Waals surface area (Å²) in [5.74, 6) is 0.417. The number of ether oxygens (including phenoxy) is 1. The molecule has 0 radical (unpaired) electrons. The van der Waals surface area contributed by atoms with E-state index in [2.05, 4.69) is 30.7 Å². The van der Waals surface area contributed by atoms with Crippen molar-refractivity contribution in [3.63, 3.8) is 0 Å². The summed E-state index contributed by atoms with van der Waals surface area (Å²) in [6, 6.07) is 5.37. The quantitative estimate of drug-likeness (QED) is 0.787. The van der Waals surface area contributed by atoms with Crippen LogP contribution in [-0.4, -0.2) is 22.0 Å². The highest BCUT2D eigenvalue weighted by Crippen LogP contribution is 2.66. The molecule has 0 aliphatic heterocycles. The molecule has 4 nitrogen and oxygen atoms in total. The molecule has 0 N–H and O–H groups in total. The fraction of sp³-hybridized carbons (Fsp3) is 0.526. The van der Waals surface area contributed by atoms with E-state index in [1.165, 1.54) is 6.42 Å². The van der Waals surface area contributed by atoms with E-state index < -0.39 is 0 Å². The molecule has 1 aromatic heterocycles. The summed E-state index contributed by atoms with van der Waals surface area (Å²) in [5.41, 5.74) is 2.40. The van der Waals surface area contributed by atoms with Gasteiger partial charge in [-0.05, 0) is 48.8 Å². The Morgan fingerprint density at radius 3 is 2.57 bits per heavy atom. The molecule has 2 aliphatic rings. The fourth-order valence-corrected chi connectivity index (χ4v) is 4.60. The monoisotopic (exact) mass is 310 g/mol. The molecule has 2 saturated carbocycles. The first-order valence-electron chi connectivity index (χ1n) is 8.33. The molecule has 2 bridgehead atoms. The van der Waals surface area contributed by atoms with Crippen LogP contribution in [0.25, 0.3) is 11.0 Å². The van der Waals surface area contributed by atoms with Crippen molar-refractivity contribution < 1.29 is 9.53 Å². The number of fused-ring (bicyclic) bond motifs is 3. The molecule has 0 spiro atoms. The topological polar surface area (TPSA) is 52.1 Å². The summed E-state index contributed by atoms with van der Waals surface area (Å²) in [6.07, 6.45) is 6.69. The third-order valence-electron chi connectivity index (χ3n) is 6.67. The Morgan fingerprint density at radius 2 is 1.91 bits per heavy atom. The van der Waals surface area contributed by atoms with E-state index in [1.807, 2.05) is 6.07 Å². The third kappa shape index (κ3) is 2.00. The second-order valence-corrected chi connectivity index (χ2v) is 7.76. The molecule has 2 aromatic rings. The summed E-state index contributed by atoms with van der Waals surface area (Å²) in [7, 11) is 0. The van der Waals surface area contributed by atoms with E-state index in [9.17, 15) is 4.79 Å². The van der Waals surface area contributed by atoms with Crippen LogP contribution in [0.1, 0.15) is 50.4 Å². The van der Waals surface area contributed by atoms with Crippen LogP contribution in [0.4, 0.5) is 0 Å². The average Bonchev–Trinajstić information content (AvgIpc) is 2.87. The van der Waals surface area contributed by atoms with Gasteiger partial charge < -0.3 is 4.74 Å². The summed E-state index contributed by atoms with van der Waals surface area (Å²) < 4.78 is 5.93. The molecule has 0 amide bonds. The van der Waals surface area contributed by atoms with E-state index in [0.717, 1.165) is 23.9 Å². The minimum absolute atomic E-state index is 0.0151. The lowest BCUT2D eigenvalue weighted by Gasteiger charge is -2.38. The Balaban J connectivity index is 1.58. The maximum Gasteiger partial charge on any atom is 0.338 e. The summed E-state index contributed by atoms with van der Waals surface area (Å²) >= 11 is 0. The van der Waals surface area contributed by atoms with E-state index >= 15 is 0 Å². The van der Waals surface area contributed by atoms with E-state index in [-0.39, 0.29) is 22.9 Å². The summed E-state index contributed by atoms with van der Waals surface area (Å²) in [4.78, 5) is 21.1. The first-order valence-corrected chi connectivity index (χ1v) is 8.33. The van der Waals surface area contributed by atoms with Gasteiger partial charge in [-0.25, -0.2) is 4.79 Å². The van der Waals surface area contributed by atoms with Gasteiger partial charge in [0.05, 0.1) is 16.6 Å². The SMILES string of the molecule is CC1(C)C2CCC1(C)C(OC(=O)c1ccc3nccnc3c1)C2. The molecule has 2 fully saturated rings. The lowest BCUT2D eigenvalue weighted by atomic mass is 9.70. The number of carbonyl (C=O) groups is 1. The second-order valence-electron chi connectivity index (χ2n) is 7.76. The number of esters is 1. The standard InChI is InChI=1S/C19H22N2O2/c1-18(2)13-6-7-19(18,3)16(11-13)23-17(22)12-4-5-14-15(10-12)21-9-8-20-14/h4-5,8-10,13,16H,6-7,11H2,1-3H3. The molecule has 4 rings (SSSR count). The van der Waals surface area contributed by atoms with Crippen LogP contribution in [-0.2, 0) is 4.74 Å². The van der Waals surface area contributed by atoms with Crippen LogP contribution in [0.2, 0.25) is 0 Å². The largest absolute Gasteiger partial charge is 0.458 e. The zero-order valence-electron chi connectivity index (χ0n) is 13.9. The maximum atomic E-state index is 12.6. The molecule has 0 saturated heterocycles. The second kappa shape index (κ2) is 4.76. The molecule has 120 valence electrons. The van der Waals surface area contributed by atoms with Crippen molar-refractivity contribution in [3.8, 4) is 0 Å². The zero-order chi connectivity index (χ0) is 16.2. The van der Waals surface area contributed by atoms with Gasteiger partial charge in [0, 0.05) is 17.8 Å². The van der Waals surface area contributed by atoms with Gasteiger partial charge in [0.25, 0.3) is 0 Å². The molecule has 3 unspecified atom stereocenters. The molecule has 23 heavy (non-hydrogen) atoms. The lowest BCUT2D eigenvalue weighted by Crippen LogP contribution is -2.38. The highest BCUT2D eigenvalue weighted by molar-refractivity contribution is 5.93. The molecule has 4 heteroatoms. The first-order chi connectivity index (χ1) is 10.9. The van der Waals surface area contributed by atoms with Crippen molar-refractivity contribution in [3.05, 3.63) is 36.2 Å². The Hall–Kier alpha value is -1.97. The normalized spacial score (nSPS) is 31.4. The summed E-state index contributed by atoms with van der Waals surface area (Å²) in [5, 5.41) is 0. The zero-order valence-corrected chi connectivity index (χ0v) is 13.9. The van der Waals surface area contributed by atoms with Gasteiger partial charge in [0.15, 0.2) is 0 Å². The predicted octanol–water partition coefficient (Wildman–Crippen LogP) is 4.00. The Labute approximate surface area is 136 Å². The highest BCUT2D eigenvalue weighted by Gasteiger charge is 2.62. The number of aromatic nitrogens is 2. The Morgan fingerprint density at radius 1 is 1.17 bits per heavy atom. The number of carbonyl (C=O) groups excluding carboxylic acids is 1. The number of hydrogen-bond donors (Lipinski definition) is 0. The predicted molar refractivity (Wildman–Crippen MR) is 88.0 cm³/mol. The van der Waals surface area contributed by atoms with Gasteiger partial charge in [-0.15, -0.1) is 0 Å². The van der Waals surface area contributed by atoms with Crippen LogP contribution in [0.5, 0.6) is 0 Å². The summed E-state index contributed by atoms with van der Waals surface area (Å²) in [6.45, 7) is 6.93. The third-order valence-corrected chi connectivity index (χ3v) is 6.67. The van der Waals surface area contributed by atoms with Gasteiger partial charge >= 0.3 is 5.97 Å². The van der Waals surface area contributed by atoms with E-state index in [4.69, 9.17) is 4.74 Å². The molecule has 2 aliphatic carbocycles. The average molecular weight is 310 g/mol. The number of nitrogens with zero attached hydrogens (tertiary/aromatic N) is 2. The number of hydrogen-bond acceptors (Lipinski definition) is 4. The van der Waals surface area contributed by atoms with E-state index in [0.29, 0.717) is 11.5 Å². The minimum atomic E-state index is -0.243. The van der Waals surface area contributed by atoms with Crippen molar-refractivity contribution in [2.45, 2.75) is 46.1 Å². The molecular formula is C19H22N2O2. The molecule has 3 atom stereocenters. The maximum absolute atomic E-state index is 12.6. The van der Waals surface area contributed by atoms with Crippen LogP contribution in [0, 0.1) is 16.7 Å². The first kappa shape index (κ1) is 14.6. The molecule has 1 aromatic carbocycles. The van der Waals surface area contributed by atoms with Crippen LogP contribution in [0.3, 0.4) is 0 Å². The van der Waals surface area contributed by atoms with Gasteiger partial charge in [0.2, 0.25) is 0 Å². The van der Waals surface area contributed by atoms with Gasteiger partial charge in [0.1, 0.15) is 6.10 Å². The van der Waals surface area contributed by atoms with Gasteiger partial charge in [-0.3, -0.25) is 9.97 Å². The minimum Gasteiger partial charge on any atom is -0.458 e. The van der Waals surface area contributed by atoms with Crippen molar-refractivity contribution in [2.24, 2.45) is 16.7 Å². The van der Waals surface area contributed by atoms with Crippen molar-refractivity contribution in [1.29, 1.82) is 0 Å². The van der Waals surface area contributed by atoms with Crippen LogP contribution in [0.15, 0.2) is 30.6 Å².